The maximum atomic E-state index is 12.0. The SMILES string of the molecule is COC(C)(CO)CNC(=O)c1ccc(C(=O)O)cc1C. The van der Waals surface area contributed by atoms with Gasteiger partial charge in [-0.05, 0) is 37.6 Å². The summed E-state index contributed by atoms with van der Waals surface area (Å²) in [5.74, 6) is -1.37. The van der Waals surface area contributed by atoms with E-state index in [1.54, 1.807) is 13.8 Å². The van der Waals surface area contributed by atoms with Crippen LogP contribution in [0.4, 0.5) is 0 Å². The van der Waals surface area contributed by atoms with Crippen molar-refractivity contribution in [2.24, 2.45) is 0 Å². The minimum atomic E-state index is -1.03. The zero-order valence-corrected chi connectivity index (χ0v) is 11.8. The minimum Gasteiger partial charge on any atom is -0.478 e. The van der Waals surface area contributed by atoms with E-state index in [0.717, 1.165) is 0 Å². The lowest BCUT2D eigenvalue weighted by Crippen LogP contribution is -2.45. The second-order valence-corrected chi connectivity index (χ2v) is 4.83. The average molecular weight is 281 g/mol. The molecular formula is C14H19NO5. The van der Waals surface area contributed by atoms with Gasteiger partial charge in [0.15, 0.2) is 0 Å². The molecule has 1 atom stereocenters. The number of aliphatic hydroxyl groups excluding tert-OH is 1. The minimum absolute atomic E-state index is 0.135. The van der Waals surface area contributed by atoms with Crippen molar-refractivity contribution in [2.45, 2.75) is 19.4 Å². The molecule has 0 heterocycles. The molecule has 0 aliphatic rings. The molecule has 6 nitrogen and oxygen atoms in total. The number of amides is 1. The maximum Gasteiger partial charge on any atom is 0.335 e. The number of aromatic carboxylic acids is 1. The third-order valence-corrected chi connectivity index (χ3v) is 3.17. The first-order valence-corrected chi connectivity index (χ1v) is 6.11. The highest BCUT2D eigenvalue weighted by Gasteiger charge is 2.23. The standard InChI is InChI=1S/C14H19NO5/c1-9-6-10(13(18)19)4-5-11(9)12(17)15-7-14(2,8-16)20-3/h4-6,16H,7-8H2,1-3H3,(H,15,17)(H,18,19). The normalized spacial score (nSPS) is 13.6. The molecule has 0 aliphatic carbocycles. The summed E-state index contributed by atoms with van der Waals surface area (Å²) >= 11 is 0. The molecule has 0 bridgehead atoms. The molecule has 1 aromatic rings. The third-order valence-electron chi connectivity index (χ3n) is 3.17. The Hall–Kier alpha value is -1.92. The Bertz CT molecular complexity index is 508. The van der Waals surface area contributed by atoms with Crippen molar-refractivity contribution in [2.75, 3.05) is 20.3 Å². The van der Waals surface area contributed by atoms with Crippen LogP contribution in [-0.4, -0.2) is 48.0 Å². The number of carboxylic acid groups (broad SMARTS) is 1. The Balaban J connectivity index is 2.81. The van der Waals surface area contributed by atoms with E-state index in [9.17, 15) is 14.7 Å². The molecule has 0 aromatic heterocycles. The quantitative estimate of drug-likeness (QED) is 0.717. The van der Waals surface area contributed by atoms with Gasteiger partial charge in [0, 0.05) is 19.2 Å². The van der Waals surface area contributed by atoms with Crippen LogP contribution in [0.1, 0.15) is 33.2 Å². The van der Waals surface area contributed by atoms with Gasteiger partial charge in [0.2, 0.25) is 0 Å². The van der Waals surface area contributed by atoms with E-state index >= 15 is 0 Å². The second-order valence-electron chi connectivity index (χ2n) is 4.83. The van der Waals surface area contributed by atoms with E-state index in [0.29, 0.717) is 11.1 Å². The van der Waals surface area contributed by atoms with Crippen molar-refractivity contribution in [1.82, 2.24) is 5.32 Å². The lowest BCUT2D eigenvalue weighted by atomic mass is 10.0. The summed E-state index contributed by atoms with van der Waals surface area (Å²) in [7, 11) is 1.45. The molecule has 110 valence electrons. The highest BCUT2D eigenvalue weighted by molar-refractivity contribution is 5.97. The number of ether oxygens (including phenoxy) is 1. The van der Waals surface area contributed by atoms with Crippen LogP contribution in [0.15, 0.2) is 18.2 Å². The number of rotatable bonds is 6. The van der Waals surface area contributed by atoms with E-state index in [2.05, 4.69) is 5.32 Å². The number of carboxylic acids is 1. The number of hydrogen-bond acceptors (Lipinski definition) is 4. The fraction of sp³-hybridized carbons (Fsp3) is 0.429. The van der Waals surface area contributed by atoms with Crippen molar-refractivity contribution in [1.29, 1.82) is 0 Å². The fourth-order valence-electron chi connectivity index (χ4n) is 1.61. The van der Waals surface area contributed by atoms with Crippen molar-refractivity contribution >= 4 is 11.9 Å². The molecule has 1 rings (SSSR count). The Morgan fingerprint density at radius 1 is 1.40 bits per heavy atom. The largest absolute Gasteiger partial charge is 0.478 e. The van der Waals surface area contributed by atoms with E-state index < -0.39 is 11.6 Å². The fourth-order valence-corrected chi connectivity index (χ4v) is 1.61. The average Bonchev–Trinajstić information content (AvgIpc) is 2.44. The number of aryl methyl sites for hydroxylation is 1. The zero-order valence-electron chi connectivity index (χ0n) is 11.8. The molecule has 3 N–H and O–H groups in total. The lowest BCUT2D eigenvalue weighted by molar-refractivity contribution is -0.0347. The first-order chi connectivity index (χ1) is 9.33. The summed E-state index contributed by atoms with van der Waals surface area (Å²) in [6.45, 7) is 3.27. The van der Waals surface area contributed by atoms with Crippen molar-refractivity contribution in [3.05, 3.63) is 34.9 Å². The van der Waals surface area contributed by atoms with Crippen LogP contribution in [0, 0.1) is 6.92 Å². The van der Waals surface area contributed by atoms with E-state index in [1.165, 1.54) is 25.3 Å². The molecule has 1 aromatic carbocycles. The van der Waals surface area contributed by atoms with Gasteiger partial charge in [0.1, 0.15) is 5.60 Å². The second kappa shape index (κ2) is 6.49. The highest BCUT2D eigenvalue weighted by Crippen LogP contribution is 2.12. The molecule has 0 aliphatic heterocycles. The summed E-state index contributed by atoms with van der Waals surface area (Å²) in [4.78, 5) is 22.9. The van der Waals surface area contributed by atoms with Crippen molar-refractivity contribution in [3.8, 4) is 0 Å². The topological polar surface area (TPSA) is 95.9 Å². The number of aliphatic hydroxyl groups is 1. The number of carbonyl (C=O) groups excluding carboxylic acids is 1. The van der Waals surface area contributed by atoms with Gasteiger partial charge in [-0.2, -0.15) is 0 Å². The van der Waals surface area contributed by atoms with Crippen LogP contribution in [0.3, 0.4) is 0 Å². The first kappa shape index (κ1) is 16.1. The molecule has 0 radical (unpaired) electrons. The molecule has 0 saturated carbocycles. The van der Waals surface area contributed by atoms with Crippen LogP contribution in [0.5, 0.6) is 0 Å². The number of benzene rings is 1. The van der Waals surface area contributed by atoms with Gasteiger partial charge in [-0.15, -0.1) is 0 Å². The zero-order chi connectivity index (χ0) is 15.3. The van der Waals surface area contributed by atoms with E-state index in [4.69, 9.17) is 9.84 Å². The van der Waals surface area contributed by atoms with Gasteiger partial charge in [-0.3, -0.25) is 4.79 Å². The Morgan fingerprint density at radius 2 is 2.05 bits per heavy atom. The van der Waals surface area contributed by atoms with Crippen LogP contribution >= 0.6 is 0 Å². The van der Waals surface area contributed by atoms with Crippen molar-refractivity contribution in [3.63, 3.8) is 0 Å². The van der Waals surface area contributed by atoms with E-state index in [-0.39, 0.29) is 24.6 Å². The smallest absolute Gasteiger partial charge is 0.335 e. The van der Waals surface area contributed by atoms with Gasteiger partial charge in [-0.1, -0.05) is 0 Å². The number of nitrogens with one attached hydrogen (secondary N) is 1. The number of hydrogen-bond donors (Lipinski definition) is 3. The van der Waals surface area contributed by atoms with Crippen molar-refractivity contribution < 1.29 is 24.5 Å². The molecular weight excluding hydrogens is 262 g/mol. The predicted octanol–water partition coefficient (Wildman–Crippen LogP) is 0.820. The third kappa shape index (κ3) is 3.79. The Labute approximate surface area is 117 Å². The predicted molar refractivity (Wildman–Crippen MR) is 73.0 cm³/mol. The molecule has 6 heteroatoms. The summed E-state index contributed by atoms with van der Waals surface area (Å²) < 4.78 is 5.11. The van der Waals surface area contributed by atoms with Gasteiger partial charge in [-0.25, -0.2) is 4.79 Å². The first-order valence-electron chi connectivity index (χ1n) is 6.11. The van der Waals surface area contributed by atoms with Crippen LogP contribution < -0.4 is 5.32 Å². The summed E-state index contributed by atoms with van der Waals surface area (Å²) in [5.41, 5.74) is 0.262. The number of carbonyl (C=O) groups is 2. The summed E-state index contributed by atoms with van der Waals surface area (Å²) in [5, 5.41) is 20.7. The molecule has 20 heavy (non-hydrogen) atoms. The molecule has 0 spiro atoms. The molecule has 1 amide bonds. The van der Waals surface area contributed by atoms with Crippen LogP contribution in [0.2, 0.25) is 0 Å². The Kier molecular flexibility index (Phi) is 5.24. The van der Waals surface area contributed by atoms with Gasteiger partial charge in [0.25, 0.3) is 5.91 Å². The van der Waals surface area contributed by atoms with Crippen LogP contribution in [0.25, 0.3) is 0 Å². The van der Waals surface area contributed by atoms with Crippen LogP contribution in [-0.2, 0) is 4.74 Å². The molecule has 0 fully saturated rings. The lowest BCUT2D eigenvalue weighted by Gasteiger charge is -2.25. The van der Waals surface area contributed by atoms with E-state index in [1.807, 2.05) is 0 Å². The number of methoxy groups -OCH3 is 1. The van der Waals surface area contributed by atoms with Gasteiger partial charge >= 0.3 is 5.97 Å². The summed E-state index contributed by atoms with van der Waals surface area (Å²) in [6.07, 6.45) is 0. The Morgan fingerprint density at radius 3 is 2.50 bits per heavy atom. The maximum absolute atomic E-state index is 12.0. The summed E-state index contributed by atoms with van der Waals surface area (Å²) in [6, 6.07) is 4.29. The highest BCUT2D eigenvalue weighted by atomic mass is 16.5. The molecule has 0 saturated heterocycles. The monoisotopic (exact) mass is 281 g/mol. The van der Waals surface area contributed by atoms with Gasteiger partial charge < -0.3 is 20.3 Å². The molecule has 1 unspecified atom stereocenters. The van der Waals surface area contributed by atoms with Gasteiger partial charge in [0.05, 0.1) is 12.2 Å².